The molecule has 0 unspecified atom stereocenters. The van der Waals surface area contributed by atoms with E-state index in [1.54, 1.807) is 6.26 Å². The smallest absolute Gasteiger partial charge is 0.293 e. The van der Waals surface area contributed by atoms with Gasteiger partial charge < -0.3 is 20.0 Å². The number of ether oxygens (including phenoxy) is 1. The van der Waals surface area contributed by atoms with Crippen LogP contribution in [0.3, 0.4) is 0 Å². The van der Waals surface area contributed by atoms with Gasteiger partial charge in [0.1, 0.15) is 5.69 Å². The molecular formula is C15H20N3O7S2-. The Morgan fingerprint density at radius 2 is 2.07 bits per heavy atom. The van der Waals surface area contributed by atoms with Crippen molar-refractivity contribution in [3.05, 3.63) is 28.3 Å². The predicted octanol–water partition coefficient (Wildman–Crippen LogP) is -0.101. The number of morpholine rings is 1. The van der Waals surface area contributed by atoms with Crippen LogP contribution in [0, 0.1) is 10.1 Å². The van der Waals surface area contributed by atoms with Crippen LogP contribution in [0.5, 0.6) is 0 Å². The highest BCUT2D eigenvalue weighted by Crippen LogP contribution is 2.30. The van der Waals surface area contributed by atoms with Crippen LogP contribution in [0.4, 0.5) is 11.4 Å². The number of nitrogens with one attached hydrogen (secondary N) is 1. The maximum absolute atomic E-state index is 12.7. The van der Waals surface area contributed by atoms with Gasteiger partial charge in [-0.05, 0) is 30.6 Å². The number of nitrogens with zero attached hydrogens (tertiary/aromatic N) is 2. The third kappa shape index (κ3) is 5.31. The lowest BCUT2D eigenvalue weighted by molar-refractivity contribution is -0.384. The molecule has 1 aliphatic heterocycles. The summed E-state index contributed by atoms with van der Waals surface area (Å²) in [7, 11) is -3.90. The molecule has 1 atom stereocenters. The number of hydrogen-bond acceptors (Lipinski definition) is 9. The Hall–Kier alpha value is -1.89. The van der Waals surface area contributed by atoms with Crippen molar-refractivity contribution in [2.45, 2.75) is 17.4 Å². The first-order chi connectivity index (χ1) is 12.8. The minimum absolute atomic E-state index is 0.0729. The van der Waals surface area contributed by atoms with E-state index in [2.05, 4.69) is 5.32 Å². The number of sulfonamides is 1. The standard InChI is InChI=1S/C15H21N3O7S2/c1-26-9-4-13(15(19)20)16-12-3-2-11(10-14(12)18(21)22)27(23,24)17-5-7-25-8-6-17/h2-3,10,13,16H,4-9H2,1H3,(H,19,20)/p-1/t13-/m1/s1. The summed E-state index contributed by atoms with van der Waals surface area (Å²) < 4.78 is 31.7. The normalized spacial score (nSPS) is 16.6. The van der Waals surface area contributed by atoms with Crippen molar-refractivity contribution in [3.8, 4) is 0 Å². The number of nitro benzene ring substituents is 1. The Morgan fingerprint density at radius 3 is 2.63 bits per heavy atom. The molecule has 12 heteroatoms. The van der Waals surface area contributed by atoms with Crippen LogP contribution in [0.25, 0.3) is 0 Å². The highest BCUT2D eigenvalue weighted by molar-refractivity contribution is 7.98. The van der Waals surface area contributed by atoms with E-state index < -0.39 is 32.6 Å². The zero-order valence-corrected chi connectivity index (χ0v) is 16.3. The average molecular weight is 418 g/mol. The fourth-order valence-corrected chi connectivity index (χ4v) is 4.45. The highest BCUT2D eigenvalue weighted by Gasteiger charge is 2.29. The largest absolute Gasteiger partial charge is 0.548 e. The molecule has 0 saturated carbocycles. The van der Waals surface area contributed by atoms with Gasteiger partial charge in [-0.2, -0.15) is 16.1 Å². The van der Waals surface area contributed by atoms with Crippen LogP contribution >= 0.6 is 11.8 Å². The topological polar surface area (TPSA) is 142 Å². The number of carbonyl (C=O) groups excluding carboxylic acids is 1. The molecule has 1 aromatic rings. The first kappa shape index (κ1) is 21.4. The van der Waals surface area contributed by atoms with Gasteiger partial charge in [-0.1, -0.05) is 0 Å². The second kappa shape index (κ2) is 9.35. The third-order valence-corrected chi connectivity index (χ3v) is 6.54. The maximum atomic E-state index is 12.7. The molecular weight excluding hydrogens is 398 g/mol. The van der Waals surface area contributed by atoms with E-state index >= 15 is 0 Å². The van der Waals surface area contributed by atoms with Crippen LogP contribution in [-0.2, 0) is 19.6 Å². The minimum Gasteiger partial charge on any atom is -0.548 e. The minimum atomic E-state index is -3.90. The molecule has 1 aromatic carbocycles. The Kier molecular flexibility index (Phi) is 7.41. The molecule has 27 heavy (non-hydrogen) atoms. The Morgan fingerprint density at radius 1 is 1.41 bits per heavy atom. The zero-order chi connectivity index (χ0) is 20.0. The van der Waals surface area contributed by atoms with E-state index in [4.69, 9.17) is 4.74 Å². The molecule has 1 N–H and O–H groups in total. The molecule has 0 aromatic heterocycles. The Bertz CT molecular complexity index is 795. The summed E-state index contributed by atoms with van der Waals surface area (Å²) in [6.07, 6.45) is 2.01. The number of carboxylic acid groups (broad SMARTS) is 1. The number of nitro groups is 1. The fourth-order valence-electron chi connectivity index (χ4n) is 2.55. The van der Waals surface area contributed by atoms with Gasteiger partial charge in [-0.3, -0.25) is 10.1 Å². The number of carboxylic acids is 1. The first-order valence-corrected chi connectivity index (χ1v) is 10.9. The summed E-state index contributed by atoms with van der Waals surface area (Å²) >= 11 is 1.43. The molecule has 1 fully saturated rings. The molecule has 1 aliphatic rings. The molecule has 150 valence electrons. The maximum Gasteiger partial charge on any atom is 0.293 e. The quantitative estimate of drug-likeness (QED) is 0.429. The number of rotatable bonds is 9. The van der Waals surface area contributed by atoms with Gasteiger partial charge in [0.05, 0.1) is 35.0 Å². The van der Waals surface area contributed by atoms with E-state index in [9.17, 15) is 28.4 Å². The van der Waals surface area contributed by atoms with Crippen molar-refractivity contribution in [2.75, 3.05) is 43.6 Å². The van der Waals surface area contributed by atoms with Crippen molar-refractivity contribution in [1.82, 2.24) is 4.31 Å². The van der Waals surface area contributed by atoms with Crippen LogP contribution in [0.15, 0.2) is 23.1 Å². The van der Waals surface area contributed by atoms with Gasteiger partial charge in [0.2, 0.25) is 10.0 Å². The number of benzene rings is 1. The van der Waals surface area contributed by atoms with E-state index in [-0.39, 0.29) is 43.3 Å². The lowest BCUT2D eigenvalue weighted by atomic mass is 10.2. The Balaban J connectivity index is 2.33. The lowest BCUT2D eigenvalue weighted by Gasteiger charge is -2.26. The van der Waals surface area contributed by atoms with Gasteiger partial charge in [0, 0.05) is 19.2 Å². The van der Waals surface area contributed by atoms with Crippen LogP contribution in [-0.4, -0.2) is 68.0 Å². The summed E-state index contributed by atoms with van der Waals surface area (Å²) in [5, 5.41) is 25.2. The van der Waals surface area contributed by atoms with Crippen molar-refractivity contribution in [1.29, 1.82) is 0 Å². The molecule has 0 radical (unpaired) electrons. The molecule has 0 amide bonds. The number of aliphatic carboxylic acids is 1. The summed E-state index contributed by atoms with van der Waals surface area (Å²) in [6, 6.07) is 2.24. The molecule has 10 nitrogen and oxygen atoms in total. The van der Waals surface area contributed by atoms with E-state index in [0.29, 0.717) is 5.75 Å². The number of hydrogen-bond donors (Lipinski definition) is 1. The van der Waals surface area contributed by atoms with Crippen LogP contribution in [0.1, 0.15) is 6.42 Å². The van der Waals surface area contributed by atoms with Gasteiger partial charge in [-0.25, -0.2) is 8.42 Å². The van der Waals surface area contributed by atoms with Crippen LogP contribution < -0.4 is 10.4 Å². The molecule has 1 heterocycles. The second-order valence-corrected chi connectivity index (χ2v) is 8.67. The SMILES string of the molecule is CSCC[C@@H](Nc1ccc(S(=O)(=O)N2CCOCC2)cc1[N+](=O)[O-])C(=O)[O-]. The Labute approximate surface area is 161 Å². The van der Waals surface area contributed by atoms with Crippen molar-refractivity contribution in [3.63, 3.8) is 0 Å². The van der Waals surface area contributed by atoms with Crippen LogP contribution in [0.2, 0.25) is 0 Å². The number of thioether (sulfide) groups is 1. The van der Waals surface area contributed by atoms with Gasteiger partial charge >= 0.3 is 0 Å². The molecule has 0 aliphatic carbocycles. The van der Waals surface area contributed by atoms with E-state index in [1.165, 1.54) is 28.2 Å². The van der Waals surface area contributed by atoms with Crippen molar-refractivity contribution in [2.24, 2.45) is 0 Å². The molecule has 2 rings (SSSR count). The summed E-state index contributed by atoms with van der Waals surface area (Å²) in [5.74, 6) is -0.869. The van der Waals surface area contributed by atoms with E-state index in [1.807, 2.05) is 0 Å². The first-order valence-electron chi connectivity index (χ1n) is 8.10. The van der Waals surface area contributed by atoms with Gasteiger partial charge in [-0.15, -0.1) is 0 Å². The monoisotopic (exact) mass is 418 g/mol. The predicted molar refractivity (Wildman–Crippen MR) is 98.1 cm³/mol. The lowest BCUT2D eigenvalue weighted by Crippen LogP contribution is -2.41. The summed E-state index contributed by atoms with van der Waals surface area (Å²) in [5.41, 5.74) is -0.587. The third-order valence-electron chi connectivity index (χ3n) is 4.00. The summed E-state index contributed by atoms with van der Waals surface area (Å²) in [4.78, 5) is 21.7. The number of carbonyl (C=O) groups is 1. The molecule has 1 saturated heterocycles. The van der Waals surface area contributed by atoms with Gasteiger partial charge in [0.25, 0.3) is 5.69 Å². The zero-order valence-electron chi connectivity index (χ0n) is 14.6. The highest BCUT2D eigenvalue weighted by atomic mass is 32.2. The fraction of sp³-hybridized carbons (Fsp3) is 0.533. The molecule has 0 bridgehead atoms. The summed E-state index contributed by atoms with van der Waals surface area (Å²) in [6.45, 7) is 0.836. The number of anilines is 1. The van der Waals surface area contributed by atoms with Gasteiger partial charge in [0.15, 0.2) is 0 Å². The average Bonchev–Trinajstić information content (AvgIpc) is 2.65. The van der Waals surface area contributed by atoms with Crippen molar-refractivity contribution < 1.29 is 28.0 Å². The second-order valence-electron chi connectivity index (χ2n) is 5.75. The van der Waals surface area contributed by atoms with Crippen molar-refractivity contribution >= 4 is 39.1 Å². The molecule has 0 spiro atoms. The van der Waals surface area contributed by atoms with E-state index in [0.717, 1.165) is 6.07 Å².